The molecule has 7 nitrogen and oxygen atoms in total. The quantitative estimate of drug-likeness (QED) is 0.334. The van der Waals surface area contributed by atoms with E-state index in [2.05, 4.69) is 9.88 Å². The molecule has 0 spiro atoms. The molecular formula is C24H24N2O5S. The molecule has 0 amide bonds. The van der Waals surface area contributed by atoms with Crippen LogP contribution in [0.25, 0.3) is 21.2 Å². The lowest BCUT2D eigenvalue weighted by atomic mass is 10.1. The monoisotopic (exact) mass is 452 g/mol. The summed E-state index contributed by atoms with van der Waals surface area (Å²) in [4.78, 5) is 18.4. The Kier molecular flexibility index (Phi) is 5.96. The second-order valence-electron chi connectivity index (χ2n) is 7.74. The molecule has 1 aliphatic rings. The lowest BCUT2D eigenvalue weighted by molar-refractivity contribution is 0.000961. The Labute approximate surface area is 189 Å². The standard InChI is InChI=1S/C24H24N2O5S/c1-2-28-24(27)31-17-9-11-26(12-10-17)14-16-15-29-21-13-18(7-8-19(16)21)30-23-25-20-5-3-4-6-22(20)32-23/h3-8,13,15,17H,2,9-12,14H2,1H3. The van der Waals surface area contributed by atoms with Gasteiger partial charge in [0.15, 0.2) is 0 Å². The van der Waals surface area contributed by atoms with E-state index in [1.807, 2.05) is 48.7 Å². The molecule has 1 aliphatic heterocycles. The molecule has 0 unspecified atom stereocenters. The normalized spacial score (nSPS) is 15.3. The van der Waals surface area contributed by atoms with Gasteiger partial charge in [-0.05, 0) is 44.0 Å². The van der Waals surface area contributed by atoms with E-state index in [0.717, 1.165) is 59.2 Å². The first-order valence-electron chi connectivity index (χ1n) is 10.8. The first-order chi connectivity index (χ1) is 15.7. The van der Waals surface area contributed by atoms with Crippen LogP contribution in [0.2, 0.25) is 0 Å². The van der Waals surface area contributed by atoms with Crippen molar-refractivity contribution in [3.8, 4) is 10.9 Å². The van der Waals surface area contributed by atoms with Gasteiger partial charge in [-0.15, -0.1) is 0 Å². The van der Waals surface area contributed by atoms with Crippen molar-refractivity contribution in [3.63, 3.8) is 0 Å². The van der Waals surface area contributed by atoms with Crippen molar-refractivity contribution in [3.05, 3.63) is 54.3 Å². The summed E-state index contributed by atoms with van der Waals surface area (Å²) in [6.45, 7) is 4.61. The molecule has 0 aliphatic carbocycles. The number of carbonyl (C=O) groups is 1. The van der Waals surface area contributed by atoms with Crippen molar-refractivity contribution >= 4 is 38.7 Å². The second-order valence-corrected chi connectivity index (χ2v) is 8.74. The molecule has 166 valence electrons. The van der Waals surface area contributed by atoms with Crippen LogP contribution in [0.15, 0.2) is 53.1 Å². The second kappa shape index (κ2) is 9.18. The van der Waals surface area contributed by atoms with Gasteiger partial charge in [0.2, 0.25) is 0 Å². The summed E-state index contributed by atoms with van der Waals surface area (Å²) in [5, 5.41) is 1.69. The van der Waals surface area contributed by atoms with Gasteiger partial charge in [-0.1, -0.05) is 23.5 Å². The largest absolute Gasteiger partial charge is 0.508 e. The molecule has 2 aromatic carbocycles. The van der Waals surface area contributed by atoms with Crippen LogP contribution in [0.1, 0.15) is 25.3 Å². The van der Waals surface area contributed by atoms with Crippen molar-refractivity contribution < 1.29 is 23.4 Å². The van der Waals surface area contributed by atoms with E-state index in [0.29, 0.717) is 17.6 Å². The number of thiazole rings is 1. The van der Waals surface area contributed by atoms with Crippen LogP contribution in [-0.4, -0.2) is 41.8 Å². The fraction of sp³-hybridized carbons (Fsp3) is 0.333. The highest BCUT2D eigenvalue weighted by atomic mass is 32.1. The predicted octanol–water partition coefficient (Wildman–Crippen LogP) is 5.97. The Balaban J connectivity index is 1.21. The molecular weight excluding hydrogens is 428 g/mol. The minimum Gasteiger partial charge on any atom is -0.464 e. The van der Waals surface area contributed by atoms with Crippen LogP contribution < -0.4 is 4.74 Å². The number of piperidine rings is 1. The zero-order valence-electron chi connectivity index (χ0n) is 17.8. The van der Waals surface area contributed by atoms with E-state index in [4.69, 9.17) is 18.6 Å². The zero-order valence-corrected chi connectivity index (χ0v) is 18.6. The van der Waals surface area contributed by atoms with Crippen LogP contribution in [0.3, 0.4) is 0 Å². The number of furan rings is 1. The molecule has 8 heteroatoms. The van der Waals surface area contributed by atoms with Crippen LogP contribution in [0, 0.1) is 0 Å². The number of carbonyl (C=O) groups excluding carboxylic acids is 1. The first kappa shape index (κ1) is 20.8. The average molecular weight is 453 g/mol. The Morgan fingerprint density at radius 1 is 1.22 bits per heavy atom. The van der Waals surface area contributed by atoms with Gasteiger partial charge in [0.25, 0.3) is 5.19 Å². The molecule has 1 saturated heterocycles. The van der Waals surface area contributed by atoms with E-state index in [-0.39, 0.29) is 6.10 Å². The van der Waals surface area contributed by atoms with Gasteiger partial charge in [0, 0.05) is 36.7 Å². The van der Waals surface area contributed by atoms with E-state index in [9.17, 15) is 4.79 Å². The van der Waals surface area contributed by atoms with E-state index >= 15 is 0 Å². The van der Waals surface area contributed by atoms with Crippen molar-refractivity contribution in [1.29, 1.82) is 0 Å². The van der Waals surface area contributed by atoms with Crippen molar-refractivity contribution in [1.82, 2.24) is 9.88 Å². The summed E-state index contributed by atoms with van der Waals surface area (Å²) in [5.74, 6) is 0.703. The van der Waals surface area contributed by atoms with Gasteiger partial charge >= 0.3 is 6.16 Å². The molecule has 4 aromatic rings. The average Bonchev–Trinajstić information content (AvgIpc) is 3.38. The van der Waals surface area contributed by atoms with Gasteiger partial charge in [-0.25, -0.2) is 9.78 Å². The van der Waals surface area contributed by atoms with Gasteiger partial charge in [0.1, 0.15) is 17.4 Å². The Hall–Kier alpha value is -3.10. The van der Waals surface area contributed by atoms with Crippen LogP contribution in [0.4, 0.5) is 4.79 Å². The first-order valence-corrected chi connectivity index (χ1v) is 11.6. The number of hydrogen-bond acceptors (Lipinski definition) is 8. The number of benzene rings is 2. The molecule has 0 saturated carbocycles. The number of fused-ring (bicyclic) bond motifs is 2. The SMILES string of the molecule is CCOC(=O)OC1CCN(Cc2coc3cc(Oc4nc5ccccc5s4)ccc23)CC1. The molecule has 0 radical (unpaired) electrons. The summed E-state index contributed by atoms with van der Waals surface area (Å²) >= 11 is 1.52. The maximum Gasteiger partial charge on any atom is 0.508 e. The number of nitrogens with zero attached hydrogens (tertiary/aromatic N) is 2. The van der Waals surface area contributed by atoms with Crippen molar-refractivity contribution in [2.75, 3.05) is 19.7 Å². The Morgan fingerprint density at radius 2 is 2.06 bits per heavy atom. The molecule has 0 bridgehead atoms. The number of aromatic nitrogens is 1. The highest BCUT2D eigenvalue weighted by molar-refractivity contribution is 7.20. The van der Waals surface area contributed by atoms with E-state index in [1.54, 1.807) is 6.92 Å². The molecule has 5 rings (SSSR count). The minimum atomic E-state index is -0.573. The lowest BCUT2D eigenvalue weighted by Gasteiger charge is -2.31. The summed E-state index contributed by atoms with van der Waals surface area (Å²) in [5.41, 5.74) is 2.86. The number of para-hydroxylation sites is 1. The van der Waals surface area contributed by atoms with Crippen LogP contribution in [-0.2, 0) is 16.0 Å². The Morgan fingerprint density at radius 3 is 2.88 bits per heavy atom. The maximum atomic E-state index is 11.5. The number of rotatable bonds is 6. The van der Waals surface area contributed by atoms with Crippen LogP contribution in [0.5, 0.6) is 10.9 Å². The molecule has 0 atom stereocenters. The molecule has 32 heavy (non-hydrogen) atoms. The van der Waals surface area contributed by atoms with Crippen molar-refractivity contribution in [2.45, 2.75) is 32.4 Å². The van der Waals surface area contributed by atoms with Gasteiger partial charge in [0.05, 0.1) is 23.1 Å². The fourth-order valence-corrected chi connectivity index (χ4v) is 4.79. The third-order valence-electron chi connectivity index (χ3n) is 5.56. The van der Waals surface area contributed by atoms with Crippen LogP contribution >= 0.6 is 11.3 Å². The van der Waals surface area contributed by atoms with E-state index in [1.165, 1.54) is 11.3 Å². The summed E-state index contributed by atoms with van der Waals surface area (Å²) < 4.78 is 23.1. The number of likely N-dealkylation sites (tertiary alicyclic amines) is 1. The Bertz CT molecular complexity index is 1190. The maximum absolute atomic E-state index is 11.5. The molecule has 2 aromatic heterocycles. The fourth-order valence-electron chi connectivity index (χ4n) is 3.96. The van der Waals surface area contributed by atoms with Gasteiger partial charge < -0.3 is 18.6 Å². The minimum absolute atomic E-state index is 0.0754. The molecule has 3 heterocycles. The van der Waals surface area contributed by atoms with Gasteiger partial charge in [-0.3, -0.25) is 4.90 Å². The summed E-state index contributed by atoms with van der Waals surface area (Å²) in [6, 6.07) is 13.9. The zero-order chi connectivity index (χ0) is 21.9. The summed E-state index contributed by atoms with van der Waals surface area (Å²) in [7, 11) is 0. The predicted molar refractivity (Wildman–Crippen MR) is 122 cm³/mol. The summed E-state index contributed by atoms with van der Waals surface area (Å²) in [6.07, 6.45) is 2.76. The lowest BCUT2D eigenvalue weighted by Crippen LogP contribution is -2.37. The van der Waals surface area contributed by atoms with E-state index < -0.39 is 6.16 Å². The number of ether oxygens (including phenoxy) is 3. The highest BCUT2D eigenvalue weighted by Gasteiger charge is 2.23. The number of hydrogen-bond donors (Lipinski definition) is 0. The molecule has 0 N–H and O–H groups in total. The van der Waals surface area contributed by atoms with Gasteiger partial charge in [-0.2, -0.15) is 0 Å². The topological polar surface area (TPSA) is 74.0 Å². The highest BCUT2D eigenvalue weighted by Crippen LogP contribution is 2.33. The smallest absolute Gasteiger partial charge is 0.464 e. The third-order valence-corrected chi connectivity index (χ3v) is 6.47. The third kappa shape index (κ3) is 4.56. The van der Waals surface area contributed by atoms with Crippen molar-refractivity contribution in [2.24, 2.45) is 0 Å². The molecule has 1 fully saturated rings.